The molecule has 2 aliphatic rings. The summed E-state index contributed by atoms with van der Waals surface area (Å²) in [4.78, 5) is 37.7. The minimum absolute atomic E-state index is 0.0166. The molecular formula is C19H24N2O5. The second kappa shape index (κ2) is 7.86. The number of hydrogen-bond acceptors (Lipinski definition) is 4. The third-order valence-corrected chi connectivity index (χ3v) is 5.28. The SMILES string of the molecule is O=C(CCN1C(=O)CCc2ccccc21)NCC1(C(=O)O)CCOCC1. The molecule has 2 amide bonds. The number of para-hydroxylation sites is 1. The standard InChI is InChI=1S/C19H24N2O5/c22-16(20-13-19(18(24)25)8-11-26-12-9-19)7-10-21-15-4-2-1-3-14(15)5-6-17(21)23/h1-4H,5-13H2,(H,20,22)(H,24,25). The third kappa shape index (κ3) is 3.88. The summed E-state index contributed by atoms with van der Waals surface area (Å²) in [6.07, 6.45) is 2.09. The van der Waals surface area contributed by atoms with Gasteiger partial charge in [0.05, 0.1) is 5.41 Å². The zero-order valence-corrected chi connectivity index (χ0v) is 14.7. The van der Waals surface area contributed by atoms with E-state index in [1.807, 2.05) is 24.3 Å². The Hall–Kier alpha value is -2.41. The lowest BCUT2D eigenvalue weighted by molar-refractivity contribution is -0.154. The first kappa shape index (κ1) is 18.4. The lowest BCUT2D eigenvalue weighted by Crippen LogP contribution is -2.47. The number of fused-ring (bicyclic) bond motifs is 1. The van der Waals surface area contributed by atoms with E-state index < -0.39 is 11.4 Å². The highest BCUT2D eigenvalue weighted by Crippen LogP contribution is 2.30. The molecule has 0 aliphatic carbocycles. The lowest BCUT2D eigenvalue weighted by Gasteiger charge is -2.33. The van der Waals surface area contributed by atoms with Crippen molar-refractivity contribution in [3.63, 3.8) is 0 Å². The van der Waals surface area contributed by atoms with Gasteiger partial charge in [-0.25, -0.2) is 0 Å². The molecule has 0 saturated carbocycles. The molecule has 26 heavy (non-hydrogen) atoms. The fourth-order valence-electron chi connectivity index (χ4n) is 3.54. The van der Waals surface area contributed by atoms with E-state index in [4.69, 9.17) is 4.74 Å². The van der Waals surface area contributed by atoms with E-state index >= 15 is 0 Å². The average molecular weight is 360 g/mol. The van der Waals surface area contributed by atoms with E-state index in [0.717, 1.165) is 17.7 Å². The number of carboxylic acid groups (broad SMARTS) is 1. The molecule has 0 radical (unpaired) electrons. The molecule has 1 aromatic rings. The predicted octanol–water partition coefficient (Wildman–Crippen LogP) is 1.35. The van der Waals surface area contributed by atoms with Gasteiger partial charge in [0.1, 0.15) is 0 Å². The number of benzene rings is 1. The number of aliphatic carboxylic acids is 1. The number of carbonyl (C=O) groups excluding carboxylic acids is 2. The van der Waals surface area contributed by atoms with Crippen LogP contribution in [0.5, 0.6) is 0 Å². The molecule has 1 fully saturated rings. The summed E-state index contributed by atoms with van der Waals surface area (Å²) in [5, 5.41) is 12.3. The third-order valence-electron chi connectivity index (χ3n) is 5.28. The molecule has 0 unspecified atom stereocenters. The molecule has 1 aromatic carbocycles. The van der Waals surface area contributed by atoms with Crippen molar-refractivity contribution in [1.82, 2.24) is 5.32 Å². The highest BCUT2D eigenvalue weighted by molar-refractivity contribution is 5.97. The van der Waals surface area contributed by atoms with Crippen LogP contribution < -0.4 is 10.2 Å². The Morgan fingerprint density at radius 1 is 1.19 bits per heavy atom. The van der Waals surface area contributed by atoms with Crippen LogP contribution in [0.2, 0.25) is 0 Å². The van der Waals surface area contributed by atoms with E-state index in [2.05, 4.69) is 5.32 Å². The van der Waals surface area contributed by atoms with Crippen LogP contribution >= 0.6 is 0 Å². The Morgan fingerprint density at radius 3 is 2.65 bits per heavy atom. The molecule has 7 nitrogen and oxygen atoms in total. The summed E-state index contributed by atoms with van der Waals surface area (Å²) < 4.78 is 5.23. The predicted molar refractivity (Wildman–Crippen MR) is 94.9 cm³/mol. The second-order valence-electron chi connectivity index (χ2n) is 6.90. The molecule has 0 atom stereocenters. The number of anilines is 1. The summed E-state index contributed by atoms with van der Waals surface area (Å²) in [5.74, 6) is -1.13. The van der Waals surface area contributed by atoms with Crippen LogP contribution in [0.4, 0.5) is 5.69 Å². The smallest absolute Gasteiger partial charge is 0.311 e. The van der Waals surface area contributed by atoms with Crippen LogP contribution in [0.3, 0.4) is 0 Å². The van der Waals surface area contributed by atoms with Crippen molar-refractivity contribution in [3.8, 4) is 0 Å². The maximum absolute atomic E-state index is 12.2. The monoisotopic (exact) mass is 360 g/mol. The van der Waals surface area contributed by atoms with Crippen LogP contribution in [-0.2, 0) is 25.5 Å². The fourth-order valence-corrected chi connectivity index (χ4v) is 3.54. The first-order valence-corrected chi connectivity index (χ1v) is 8.98. The van der Waals surface area contributed by atoms with Crippen molar-refractivity contribution in [2.45, 2.75) is 32.1 Å². The highest BCUT2D eigenvalue weighted by atomic mass is 16.5. The number of hydrogen-bond donors (Lipinski definition) is 2. The maximum Gasteiger partial charge on any atom is 0.311 e. The molecule has 7 heteroatoms. The highest BCUT2D eigenvalue weighted by Gasteiger charge is 2.40. The van der Waals surface area contributed by atoms with Crippen molar-refractivity contribution < 1.29 is 24.2 Å². The first-order valence-electron chi connectivity index (χ1n) is 8.98. The van der Waals surface area contributed by atoms with Crippen LogP contribution in [0, 0.1) is 5.41 Å². The minimum atomic E-state index is -0.957. The fraction of sp³-hybridized carbons (Fsp3) is 0.526. The number of rotatable bonds is 6. The number of amides is 2. The number of carboxylic acids is 1. The Balaban J connectivity index is 1.56. The van der Waals surface area contributed by atoms with Crippen LogP contribution in [-0.4, -0.2) is 49.2 Å². The molecule has 3 rings (SSSR count). The Kier molecular flexibility index (Phi) is 5.56. The normalized spacial score (nSPS) is 18.9. The Bertz CT molecular complexity index is 697. The van der Waals surface area contributed by atoms with E-state index in [1.165, 1.54) is 0 Å². The number of aryl methyl sites for hydroxylation is 1. The molecule has 0 aromatic heterocycles. The summed E-state index contributed by atoms with van der Waals surface area (Å²) in [5.41, 5.74) is 1.02. The van der Waals surface area contributed by atoms with Crippen LogP contribution in [0.15, 0.2) is 24.3 Å². The molecule has 140 valence electrons. The van der Waals surface area contributed by atoms with Gasteiger partial charge >= 0.3 is 5.97 Å². The van der Waals surface area contributed by atoms with Gasteiger partial charge in [0.25, 0.3) is 0 Å². The number of nitrogens with zero attached hydrogens (tertiary/aromatic N) is 1. The van der Waals surface area contributed by atoms with E-state index in [9.17, 15) is 19.5 Å². The van der Waals surface area contributed by atoms with Gasteiger partial charge in [-0.2, -0.15) is 0 Å². The molecular weight excluding hydrogens is 336 g/mol. The van der Waals surface area contributed by atoms with Gasteiger partial charge in [0.15, 0.2) is 0 Å². The molecule has 0 spiro atoms. The van der Waals surface area contributed by atoms with E-state index in [1.54, 1.807) is 4.90 Å². The second-order valence-corrected chi connectivity index (χ2v) is 6.90. The van der Waals surface area contributed by atoms with Crippen LogP contribution in [0.1, 0.15) is 31.2 Å². The molecule has 2 heterocycles. The summed E-state index contributed by atoms with van der Waals surface area (Å²) in [7, 11) is 0. The Morgan fingerprint density at radius 2 is 1.92 bits per heavy atom. The van der Waals surface area contributed by atoms with Gasteiger partial charge in [-0.3, -0.25) is 14.4 Å². The Labute approximate surface area is 152 Å². The number of ether oxygens (including phenoxy) is 1. The summed E-state index contributed by atoms with van der Waals surface area (Å²) in [6.45, 7) is 1.17. The van der Waals surface area contributed by atoms with Gasteiger partial charge in [-0.1, -0.05) is 18.2 Å². The molecule has 2 N–H and O–H groups in total. The average Bonchev–Trinajstić information content (AvgIpc) is 2.66. The van der Waals surface area contributed by atoms with E-state index in [-0.39, 0.29) is 24.8 Å². The van der Waals surface area contributed by atoms with Crippen molar-refractivity contribution in [2.75, 3.05) is 31.2 Å². The van der Waals surface area contributed by atoms with Gasteiger partial charge in [-0.15, -0.1) is 0 Å². The zero-order chi connectivity index (χ0) is 18.6. The topological polar surface area (TPSA) is 95.9 Å². The van der Waals surface area contributed by atoms with Crippen molar-refractivity contribution in [2.24, 2.45) is 5.41 Å². The van der Waals surface area contributed by atoms with Gasteiger partial charge in [-0.05, 0) is 30.9 Å². The van der Waals surface area contributed by atoms with Crippen LogP contribution in [0.25, 0.3) is 0 Å². The number of carbonyl (C=O) groups is 3. The quantitative estimate of drug-likeness (QED) is 0.798. The van der Waals surface area contributed by atoms with Crippen molar-refractivity contribution in [1.29, 1.82) is 0 Å². The van der Waals surface area contributed by atoms with Crippen molar-refractivity contribution >= 4 is 23.5 Å². The van der Waals surface area contributed by atoms with Gasteiger partial charge in [0, 0.05) is 44.8 Å². The number of nitrogens with one attached hydrogen (secondary N) is 1. The summed E-state index contributed by atoms with van der Waals surface area (Å²) >= 11 is 0. The molecule has 2 aliphatic heterocycles. The lowest BCUT2D eigenvalue weighted by atomic mass is 9.80. The molecule has 0 bridgehead atoms. The van der Waals surface area contributed by atoms with Crippen molar-refractivity contribution in [3.05, 3.63) is 29.8 Å². The largest absolute Gasteiger partial charge is 0.481 e. The first-order chi connectivity index (χ1) is 12.5. The van der Waals surface area contributed by atoms with E-state index in [0.29, 0.717) is 39.0 Å². The minimum Gasteiger partial charge on any atom is -0.481 e. The molecule has 1 saturated heterocycles. The maximum atomic E-state index is 12.2. The van der Waals surface area contributed by atoms with Gasteiger partial charge < -0.3 is 20.1 Å². The van der Waals surface area contributed by atoms with Gasteiger partial charge in [0.2, 0.25) is 11.8 Å². The zero-order valence-electron chi connectivity index (χ0n) is 14.7. The summed E-state index contributed by atoms with van der Waals surface area (Å²) in [6, 6.07) is 7.72.